The fourth-order valence-electron chi connectivity index (χ4n) is 1.30. The third kappa shape index (κ3) is 4.56. The first-order chi connectivity index (χ1) is 8.00. The molecule has 1 amide bonds. The molecule has 1 atom stereocenters. The first-order valence-electron chi connectivity index (χ1n) is 5.25. The molecule has 0 aliphatic heterocycles. The molecule has 7 heteroatoms. The molecule has 0 aliphatic carbocycles. The van der Waals surface area contributed by atoms with Gasteiger partial charge >= 0.3 is 0 Å². The molecule has 1 heterocycles. The Balaban J connectivity index is 2.39. The van der Waals surface area contributed by atoms with Crippen molar-refractivity contribution in [3.05, 3.63) is 28.1 Å². The van der Waals surface area contributed by atoms with Crippen LogP contribution in [0.3, 0.4) is 0 Å². The van der Waals surface area contributed by atoms with Crippen molar-refractivity contribution in [3.8, 4) is 0 Å². The van der Waals surface area contributed by atoms with Crippen molar-refractivity contribution in [2.45, 2.75) is 24.6 Å². The van der Waals surface area contributed by atoms with E-state index >= 15 is 0 Å². The van der Waals surface area contributed by atoms with Crippen LogP contribution in [0.4, 0.5) is 5.69 Å². The summed E-state index contributed by atoms with van der Waals surface area (Å²) in [6, 6.07) is 1.22. The summed E-state index contributed by atoms with van der Waals surface area (Å²) in [6.07, 6.45) is 3.03. The first-order valence-corrected chi connectivity index (χ1v) is 6.17. The second-order valence-corrected chi connectivity index (χ2v) is 5.27. The van der Waals surface area contributed by atoms with Gasteiger partial charge in [-0.2, -0.15) is 0 Å². The molecule has 1 rings (SSSR count). The van der Waals surface area contributed by atoms with E-state index in [1.54, 1.807) is 0 Å². The Bertz CT molecular complexity index is 403. The topological polar surface area (TPSA) is 88.0 Å². The van der Waals surface area contributed by atoms with E-state index in [9.17, 15) is 14.9 Å². The number of rotatable bonds is 6. The van der Waals surface area contributed by atoms with Gasteiger partial charge < -0.3 is 10.3 Å². The second kappa shape index (κ2) is 6.39. The molecule has 0 spiro atoms. The fourth-order valence-corrected chi connectivity index (χ4v) is 1.62. The average Bonchev–Trinajstić information content (AvgIpc) is 2.73. The van der Waals surface area contributed by atoms with Crippen molar-refractivity contribution in [1.29, 1.82) is 0 Å². The zero-order valence-electron chi connectivity index (χ0n) is 9.40. The Morgan fingerprint density at radius 2 is 2.41 bits per heavy atom. The van der Waals surface area contributed by atoms with Gasteiger partial charge in [0.05, 0.1) is 11.1 Å². The average molecular weight is 304 g/mol. The molecule has 0 bridgehead atoms. The number of aromatic nitrogens is 1. The highest BCUT2D eigenvalue weighted by Gasteiger charge is 2.13. The number of carbonyl (C=O) groups excluding carboxylic acids is 1. The Kier molecular flexibility index (Phi) is 5.14. The van der Waals surface area contributed by atoms with Gasteiger partial charge in [-0.05, 0) is 12.8 Å². The molecule has 1 aromatic heterocycles. The van der Waals surface area contributed by atoms with Gasteiger partial charge in [-0.3, -0.25) is 14.9 Å². The van der Waals surface area contributed by atoms with E-state index in [0.717, 1.165) is 12.8 Å². The van der Waals surface area contributed by atoms with E-state index in [0.29, 0.717) is 11.4 Å². The molecule has 6 nitrogen and oxygen atoms in total. The van der Waals surface area contributed by atoms with Crippen LogP contribution in [0, 0.1) is 10.1 Å². The van der Waals surface area contributed by atoms with Crippen molar-refractivity contribution in [2.75, 3.05) is 6.54 Å². The third-order valence-electron chi connectivity index (χ3n) is 2.19. The van der Waals surface area contributed by atoms with Gasteiger partial charge in [0.15, 0.2) is 0 Å². The first kappa shape index (κ1) is 13.7. The summed E-state index contributed by atoms with van der Waals surface area (Å²) in [4.78, 5) is 24.4. The minimum absolute atomic E-state index is 0.107. The normalized spacial score (nSPS) is 12.1. The van der Waals surface area contributed by atoms with Crippen LogP contribution in [0.2, 0.25) is 0 Å². The van der Waals surface area contributed by atoms with E-state index in [-0.39, 0.29) is 17.3 Å². The van der Waals surface area contributed by atoms with Crippen molar-refractivity contribution in [1.82, 2.24) is 10.3 Å². The van der Waals surface area contributed by atoms with Gasteiger partial charge in [0.1, 0.15) is 5.69 Å². The molecule has 2 N–H and O–H groups in total. The number of hydrogen-bond acceptors (Lipinski definition) is 3. The predicted molar refractivity (Wildman–Crippen MR) is 67.4 cm³/mol. The summed E-state index contributed by atoms with van der Waals surface area (Å²) in [5.74, 6) is -0.319. The Labute approximate surface area is 107 Å². The fraction of sp³-hybridized carbons (Fsp3) is 0.500. The summed E-state index contributed by atoms with van der Waals surface area (Å²) in [7, 11) is 0. The van der Waals surface area contributed by atoms with Crippen LogP contribution in [0.5, 0.6) is 0 Å². The highest BCUT2D eigenvalue weighted by molar-refractivity contribution is 9.09. The summed E-state index contributed by atoms with van der Waals surface area (Å²) < 4.78 is 0. The maximum atomic E-state index is 11.5. The quantitative estimate of drug-likeness (QED) is 0.365. The Morgan fingerprint density at radius 1 is 1.71 bits per heavy atom. The number of nitrogens with zero attached hydrogens (tertiary/aromatic N) is 1. The lowest BCUT2D eigenvalue weighted by molar-refractivity contribution is -0.384. The Morgan fingerprint density at radius 3 is 2.94 bits per heavy atom. The summed E-state index contributed by atoms with van der Waals surface area (Å²) >= 11 is 3.41. The molecule has 0 saturated carbocycles. The molecule has 0 saturated heterocycles. The standard InChI is InChI=1S/C10H14BrN3O3/c1-7(11)3-2-4-12-10(15)9-5-8(6-13-9)14(16)17/h5-7,13H,2-4H2,1H3,(H,12,15). The largest absolute Gasteiger partial charge is 0.351 e. The lowest BCUT2D eigenvalue weighted by atomic mass is 10.2. The van der Waals surface area contributed by atoms with Crippen molar-refractivity contribution < 1.29 is 9.72 Å². The highest BCUT2D eigenvalue weighted by Crippen LogP contribution is 2.12. The number of nitrogens with one attached hydrogen (secondary N) is 2. The maximum absolute atomic E-state index is 11.5. The number of H-pyrrole nitrogens is 1. The van der Waals surface area contributed by atoms with Crippen molar-refractivity contribution >= 4 is 27.5 Å². The monoisotopic (exact) mass is 303 g/mol. The number of halogens is 1. The highest BCUT2D eigenvalue weighted by atomic mass is 79.9. The second-order valence-electron chi connectivity index (χ2n) is 3.71. The van der Waals surface area contributed by atoms with Crippen LogP contribution in [-0.4, -0.2) is 27.2 Å². The molecule has 0 aromatic carbocycles. The van der Waals surface area contributed by atoms with Gasteiger partial charge in [-0.15, -0.1) is 0 Å². The molecule has 0 radical (unpaired) electrons. The van der Waals surface area contributed by atoms with Crippen LogP contribution < -0.4 is 5.32 Å². The maximum Gasteiger partial charge on any atom is 0.287 e. The molecule has 17 heavy (non-hydrogen) atoms. The molecular weight excluding hydrogens is 290 g/mol. The van der Waals surface area contributed by atoms with E-state index < -0.39 is 4.92 Å². The van der Waals surface area contributed by atoms with Gasteiger partial charge in [-0.25, -0.2) is 0 Å². The SMILES string of the molecule is CC(Br)CCCNC(=O)c1cc([N+](=O)[O-])c[nH]1. The molecule has 1 aromatic rings. The van der Waals surface area contributed by atoms with E-state index in [1.807, 2.05) is 6.92 Å². The third-order valence-corrected chi connectivity index (χ3v) is 2.65. The number of carbonyl (C=O) groups is 1. The lowest BCUT2D eigenvalue weighted by Gasteiger charge is -2.04. The van der Waals surface area contributed by atoms with Gasteiger partial charge in [0, 0.05) is 17.4 Å². The van der Waals surface area contributed by atoms with Gasteiger partial charge in [0.25, 0.3) is 11.6 Å². The summed E-state index contributed by atoms with van der Waals surface area (Å²) in [5, 5.41) is 13.1. The van der Waals surface area contributed by atoms with Crippen LogP contribution in [0.1, 0.15) is 30.3 Å². The predicted octanol–water partition coefficient (Wildman–Crippen LogP) is 2.22. The lowest BCUT2D eigenvalue weighted by Crippen LogP contribution is -2.25. The van der Waals surface area contributed by atoms with Crippen LogP contribution in [0.25, 0.3) is 0 Å². The molecule has 94 valence electrons. The summed E-state index contributed by atoms with van der Waals surface area (Å²) in [6.45, 7) is 2.59. The van der Waals surface area contributed by atoms with Gasteiger partial charge in [0.2, 0.25) is 0 Å². The minimum atomic E-state index is -0.542. The van der Waals surface area contributed by atoms with Crippen molar-refractivity contribution in [3.63, 3.8) is 0 Å². The molecule has 0 fully saturated rings. The zero-order valence-corrected chi connectivity index (χ0v) is 11.0. The zero-order chi connectivity index (χ0) is 12.8. The number of amides is 1. The van der Waals surface area contributed by atoms with Gasteiger partial charge in [-0.1, -0.05) is 22.9 Å². The molecule has 0 aliphatic rings. The van der Waals surface area contributed by atoms with Crippen LogP contribution >= 0.6 is 15.9 Å². The molecule has 1 unspecified atom stereocenters. The van der Waals surface area contributed by atoms with E-state index in [1.165, 1.54) is 12.3 Å². The number of aromatic amines is 1. The Hall–Kier alpha value is -1.37. The molecular formula is C10H14BrN3O3. The number of hydrogen-bond donors (Lipinski definition) is 2. The van der Waals surface area contributed by atoms with Crippen LogP contribution in [-0.2, 0) is 0 Å². The van der Waals surface area contributed by atoms with Crippen molar-refractivity contribution in [2.24, 2.45) is 0 Å². The minimum Gasteiger partial charge on any atom is -0.351 e. The van der Waals surface area contributed by atoms with Crippen LogP contribution in [0.15, 0.2) is 12.3 Å². The number of alkyl halides is 1. The number of nitro groups is 1. The smallest absolute Gasteiger partial charge is 0.287 e. The summed E-state index contributed by atoms with van der Waals surface area (Å²) in [5.41, 5.74) is 0.104. The van der Waals surface area contributed by atoms with E-state index in [2.05, 4.69) is 26.2 Å². The van der Waals surface area contributed by atoms with E-state index in [4.69, 9.17) is 0 Å².